The van der Waals surface area contributed by atoms with Crippen LogP contribution in [-0.4, -0.2) is 78.9 Å². The molecule has 0 aromatic heterocycles. The molecule has 3 aliphatic rings. The molecule has 11 heteroatoms. The molecule has 8 nitrogen and oxygen atoms in total. The Balaban J connectivity index is 1.72. The summed E-state index contributed by atoms with van der Waals surface area (Å²) in [4.78, 5) is 3.39. The summed E-state index contributed by atoms with van der Waals surface area (Å²) >= 11 is 1.29. The third kappa shape index (κ3) is 7.62. The summed E-state index contributed by atoms with van der Waals surface area (Å²) < 4.78 is 69.9. The average molecular weight is 528 g/mol. The minimum atomic E-state index is -3.10. The Hall–Kier alpha value is 0.260. The molecule has 0 N–H and O–H groups in total. The molecule has 0 bridgehead atoms. The van der Waals surface area contributed by atoms with Crippen molar-refractivity contribution in [3.63, 3.8) is 0 Å². The molecule has 3 heterocycles. The monoisotopic (exact) mass is 527 g/mol. The molecular weight excluding hydrogens is 482 g/mol. The molecule has 190 valence electrons. The Kier molecular flexibility index (Phi) is 9.31. The third-order valence-electron chi connectivity index (χ3n) is 5.72. The van der Waals surface area contributed by atoms with Crippen LogP contribution < -0.4 is 0 Å². The fraction of sp³-hybridized carbons (Fsp3) is 0.955. The van der Waals surface area contributed by atoms with Gasteiger partial charge < -0.3 is 27.9 Å². The van der Waals surface area contributed by atoms with Crippen LogP contribution in [0.25, 0.3) is 4.85 Å². The molecule has 3 fully saturated rings. The van der Waals surface area contributed by atoms with E-state index in [0.717, 1.165) is 6.42 Å². The van der Waals surface area contributed by atoms with Crippen molar-refractivity contribution in [1.29, 1.82) is 0 Å². The highest BCUT2D eigenvalue weighted by atomic mass is 32.7. The Bertz CT molecular complexity index is 789. The first-order chi connectivity index (χ1) is 17.1. The van der Waals surface area contributed by atoms with Crippen LogP contribution in [0.2, 0.25) is 0 Å². The van der Waals surface area contributed by atoms with Crippen molar-refractivity contribution in [3.8, 4) is 0 Å². The van der Waals surface area contributed by atoms with Crippen LogP contribution in [0.3, 0.4) is 0 Å². The van der Waals surface area contributed by atoms with Crippen LogP contribution in [-0.2, 0) is 27.6 Å². The van der Waals surface area contributed by atoms with Gasteiger partial charge in [-0.3, -0.25) is 4.57 Å². The fourth-order valence-electron chi connectivity index (χ4n) is 4.25. The predicted molar refractivity (Wildman–Crippen MR) is 134 cm³/mol. The van der Waals surface area contributed by atoms with Gasteiger partial charge >= 0.3 is 0 Å². The summed E-state index contributed by atoms with van der Waals surface area (Å²) in [6.45, 7) is 11.3. The zero-order valence-electron chi connectivity index (χ0n) is 23.0. The van der Waals surface area contributed by atoms with Crippen molar-refractivity contribution in [3.05, 3.63) is 11.4 Å². The van der Waals surface area contributed by atoms with Crippen molar-refractivity contribution in [1.82, 2.24) is 4.67 Å². The number of rotatable bonds is 11. The molecule has 0 aromatic carbocycles. The van der Waals surface area contributed by atoms with Crippen molar-refractivity contribution < 1.29 is 31.7 Å². The van der Waals surface area contributed by atoms with Gasteiger partial charge in [-0.15, -0.1) is 0 Å². The van der Waals surface area contributed by atoms with E-state index < -0.39 is 52.7 Å². The minimum Gasteiger partial charge on any atom is -0.376 e. The highest BCUT2D eigenvalue weighted by Crippen LogP contribution is 2.67. The molecule has 0 spiro atoms. The number of ether oxygens (including phenoxy) is 2. The highest BCUT2D eigenvalue weighted by molar-refractivity contribution is 8.57. The van der Waals surface area contributed by atoms with Crippen LogP contribution in [0.1, 0.15) is 64.4 Å². The lowest BCUT2D eigenvalue weighted by atomic mass is 10.1. The standard InChI is InChI=1S/C22H40N2O6P2S/c1-16(2)24(17(3)4)31(28-14-11-23-6)29-20-10-13-27-22(20)21-8-7-15-32(25,33-21)30-19-9-12-26-18(19)5/h16-22H,7-15H2,1-5H3/t18-,19+,20+,21-,22+,31?,32-/m1/s1/i5D,12T,13T/t12-,13-,18+,19-,20-,21+,22-,31?,32+/m0. The van der Waals surface area contributed by atoms with E-state index in [1.165, 1.54) is 11.4 Å². The first kappa shape index (κ1) is 23.6. The van der Waals surface area contributed by atoms with Crippen LogP contribution >= 0.6 is 26.5 Å². The summed E-state index contributed by atoms with van der Waals surface area (Å²) in [7, 11) is -1.48. The molecule has 0 saturated carbocycles. The highest BCUT2D eigenvalue weighted by Gasteiger charge is 2.46. The lowest BCUT2D eigenvalue weighted by Crippen LogP contribution is -2.39. The molecule has 3 aliphatic heterocycles. The molecule has 0 aromatic rings. The maximum atomic E-state index is 13.8. The maximum absolute atomic E-state index is 13.8. The number of nitrogens with zero attached hydrogens (tertiary/aromatic N) is 2. The normalized spacial score (nSPS) is 41.8. The van der Waals surface area contributed by atoms with E-state index in [9.17, 15) is 4.57 Å². The van der Waals surface area contributed by atoms with Gasteiger partial charge in [0.25, 0.3) is 15.1 Å². The van der Waals surface area contributed by atoms with E-state index in [2.05, 4.69) is 37.2 Å². The van der Waals surface area contributed by atoms with Crippen LogP contribution in [0.4, 0.5) is 0 Å². The molecular formula is C22H40N2O6P2S. The fourth-order valence-corrected chi connectivity index (χ4v) is 11.6. The van der Waals surface area contributed by atoms with Gasteiger partial charge in [0, 0.05) is 44.5 Å². The quantitative estimate of drug-likeness (QED) is 0.192. The molecule has 3 rings (SSSR count). The molecule has 33 heavy (non-hydrogen) atoms. The Labute approximate surface area is 209 Å². The molecule has 0 aliphatic carbocycles. The van der Waals surface area contributed by atoms with E-state index in [4.69, 9.17) is 33.7 Å². The zero-order valence-corrected chi connectivity index (χ0v) is 22.6. The van der Waals surface area contributed by atoms with Gasteiger partial charge in [0.1, 0.15) is 6.61 Å². The van der Waals surface area contributed by atoms with Crippen molar-refractivity contribution in [2.45, 2.75) is 102 Å². The molecule has 0 radical (unpaired) electrons. The van der Waals surface area contributed by atoms with Crippen LogP contribution in [0.5, 0.6) is 0 Å². The summed E-state index contributed by atoms with van der Waals surface area (Å²) in [6.07, 6.45) is 0.724. The first-order valence-corrected chi connectivity index (χ1v) is 16.1. The van der Waals surface area contributed by atoms with Gasteiger partial charge in [0.2, 0.25) is 6.54 Å². The summed E-state index contributed by atoms with van der Waals surface area (Å²) in [5.41, 5.74) is 0. The third-order valence-corrected chi connectivity index (χ3v) is 13.0. The Morgan fingerprint density at radius 1 is 1.27 bits per heavy atom. The molecule has 9 atom stereocenters. The molecule has 1 unspecified atom stereocenters. The SMILES string of the molecule is [2H]C[C@H]1O[C@@H]([3H])C[C@@H]1O[P@]1(=O)CCC[C@H]([C@H]2O[C@@H]([3H])C[C@@H]2OP(OCC[N+]#[C-])N(C(C)C)C(C)C)S1. The van der Waals surface area contributed by atoms with Gasteiger partial charge in [-0.1, -0.05) is 11.4 Å². The summed E-state index contributed by atoms with van der Waals surface area (Å²) in [6, 6.07) is 0.322. The van der Waals surface area contributed by atoms with Crippen LogP contribution in [0, 0.1) is 6.57 Å². The molecule has 3 saturated heterocycles. The summed E-state index contributed by atoms with van der Waals surface area (Å²) in [5, 5.41) is -0.167. The second kappa shape index (κ2) is 13.0. The second-order valence-electron chi connectivity index (χ2n) is 9.01. The average Bonchev–Trinajstić information content (AvgIpc) is 3.33. The number of hydrogen-bond donors (Lipinski definition) is 0. The van der Waals surface area contributed by atoms with Crippen molar-refractivity contribution in [2.24, 2.45) is 0 Å². The smallest absolute Gasteiger partial charge is 0.259 e. The largest absolute Gasteiger partial charge is 0.376 e. The molecule has 0 amide bonds. The predicted octanol–water partition coefficient (Wildman–Crippen LogP) is 5.72. The van der Waals surface area contributed by atoms with Gasteiger partial charge in [-0.25, -0.2) is 11.2 Å². The topological polar surface area (TPSA) is 70.8 Å². The van der Waals surface area contributed by atoms with Gasteiger partial charge in [-0.2, -0.15) is 0 Å². The lowest BCUT2D eigenvalue weighted by Gasteiger charge is -2.39. The van der Waals surface area contributed by atoms with Gasteiger partial charge in [-0.05, 0) is 53.9 Å². The maximum Gasteiger partial charge on any atom is 0.259 e. The lowest BCUT2D eigenvalue weighted by molar-refractivity contribution is 0.0402. The minimum absolute atomic E-state index is 0.0322. The van der Waals surface area contributed by atoms with E-state index in [-0.39, 0.29) is 37.4 Å². The van der Waals surface area contributed by atoms with E-state index >= 15 is 0 Å². The summed E-state index contributed by atoms with van der Waals surface area (Å²) in [5.74, 6) is 0. The Morgan fingerprint density at radius 3 is 2.70 bits per heavy atom. The second-order valence-corrected chi connectivity index (χ2v) is 15.4. The van der Waals surface area contributed by atoms with Crippen LogP contribution in [0.15, 0.2) is 0 Å². The van der Waals surface area contributed by atoms with E-state index in [1.807, 2.05) is 0 Å². The van der Waals surface area contributed by atoms with Crippen molar-refractivity contribution >= 4 is 26.5 Å². The van der Waals surface area contributed by atoms with Gasteiger partial charge in [0.15, 0.2) is 0 Å². The van der Waals surface area contributed by atoms with E-state index in [1.54, 1.807) is 0 Å². The zero-order chi connectivity index (χ0) is 26.5. The first-order valence-electron chi connectivity index (χ1n) is 13.5. The van der Waals surface area contributed by atoms with E-state index in [0.29, 0.717) is 25.4 Å². The Morgan fingerprint density at radius 2 is 2.00 bits per heavy atom. The number of hydrogen-bond acceptors (Lipinski definition) is 8. The van der Waals surface area contributed by atoms with Gasteiger partial charge in [0.05, 0.1) is 27.2 Å². The van der Waals surface area contributed by atoms with Crippen molar-refractivity contribution in [2.75, 3.05) is 32.5 Å².